The number of carboxylic acids is 1. The topological polar surface area (TPSA) is 542 Å². The first-order valence-corrected chi connectivity index (χ1v) is 52.3. The maximum atomic E-state index is 13.9. The second kappa shape index (κ2) is 55.8. The summed E-state index contributed by atoms with van der Waals surface area (Å²) < 4.78 is 48.4. The number of amidine groups is 1. The Hall–Kier alpha value is -9.32. The summed E-state index contributed by atoms with van der Waals surface area (Å²) >= 11 is 10.3. The molecule has 5 fully saturated rings. The highest BCUT2D eigenvalue weighted by Gasteiger charge is 2.76. The van der Waals surface area contributed by atoms with Gasteiger partial charge in [-0.25, -0.2) is 14.9 Å². The van der Waals surface area contributed by atoms with Crippen LogP contribution in [-0.2, 0) is 78.5 Å². The fraction of sp³-hybridized carbons (Fsp3) is 0.533. The number of piperidine rings is 1. The Balaban J connectivity index is 0.000000237. The molecule has 0 spiro atoms. The van der Waals surface area contributed by atoms with Gasteiger partial charge in [0.15, 0.2) is 24.0 Å². The van der Waals surface area contributed by atoms with E-state index >= 15 is 0 Å². The number of benzene rings is 6. The molecule has 13 rings (SSSR count). The molecule has 20 N–H and O–H groups in total. The molecule has 0 radical (unpaired) electrons. The number of alkyl halides is 1. The third-order valence-electron chi connectivity index (χ3n) is 28.0. The summed E-state index contributed by atoms with van der Waals surface area (Å²) in [7, 11) is -1.55. The number of thioether (sulfide) groups is 1. The van der Waals surface area contributed by atoms with Crippen molar-refractivity contribution in [3.8, 4) is 17.2 Å². The summed E-state index contributed by atoms with van der Waals surface area (Å²) in [5.74, 6) is -3.09. The number of fused-ring (bicyclic) bond motifs is 8. The fourth-order valence-corrected chi connectivity index (χ4v) is 22.8. The second-order valence-corrected chi connectivity index (χ2v) is 42.5. The number of carbonyl (C=O) groups excluding carboxylic acids is 5. The number of β-amino-alcohol motifs (C(OH)–C–C–N with tert-alkyl or cyclic N) is 1. The van der Waals surface area contributed by atoms with Crippen molar-refractivity contribution in [2.45, 2.75) is 268 Å². The molecule has 7 aromatic rings. The van der Waals surface area contributed by atoms with Crippen LogP contribution in [-0.4, -0.2) is 221 Å². The molecule has 782 valence electrons. The number of hydrogen-bond acceptors (Lipinski definition) is 27. The summed E-state index contributed by atoms with van der Waals surface area (Å²) in [6.07, 6.45) is 17.5. The number of nitrogens with one attached hydrogen (secondary N) is 2. The number of quaternary nitrogens is 1. The number of carboxylic acid groups (broad SMARTS) is 1. The third-order valence-corrected chi connectivity index (χ3v) is 31.2. The number of nitrogens with zero attached hydrogens (tertiary/aromatic N) is 4. The molecule has 2 bridgehead atoms. The monoisotopic (exact) mass is 2110 g/mol. The summed E-state index contributed by atoms with van der Waals surface area (Å²) in [5, 5.41) is 112. The SMILES string of the molecule is CC(C)(C)NCC(O)c1ccc(O)c(CO)c1.CC(C)[N+]1(C)[C@@H]2CC[C@H]1CC(OC(=O)C(CO)c1ccccc1)C2.CCC(=O)OCC(=O)[C@@]1(OC(=O)CC)[C@@H](C)C[C@H]2[C@@H]3CCC4=CC(=O)C=C[C@]4(C)[C@@]3(Cl)[C@@H](O)C[C@@]21C.NC(N)=Nc1nc(CSCCC(N)=NS(N)(=O)=O)cs1.O=C(O)c1ccc2ccccc2c1O.OCc1cc(C(O)CNCCCCCCOCCCCc2ccccc2)ccc1O.[Br-]. The molecule has 15 atom stereocenters. The van der Waals surface area contributed by atoms with Gasteiger partial charge < -0.3 is 119 Å². The lowest BCUT2D eigenvalue weighted by Gasteiger charge is -2.64. The van der Waals surface area contributed by atoms with Crippen LogP contribution in [0.15, 0.2) is 172 Å². The van der Waals surface area contributed by atoms with Crippen LogP contribution in [0.2, 0.25) is 0 Å². The van der Waals surface area contributed by atoms with Crippen LogP contribution in [0.4, 0.5) is 5.13 Å². The molecule has 2 saturated heterocycles. The van der Waals surface area contributed by atoms with Crippen LogP contribution < -0.4 is 50.0 Å². The smallest absolute Gasteiger partial charge is 0.339 e. The van der Waals surface area contributed by atoms with Gasteiger partial charge in [-0.1, -0.05) is 162 Å². The number of aromatic nitrogens is 1. The predicted octanol–water partition coefficient (Wildman–Crippen LogP) is 10.8. The average molecular weight is 2110 g/mol. The number of aromatic carboxylic acids is 1. The van der Waals surface area contributed by atoms with E-state index in [2.05, 4.69) is 76.2 Å². The van der Waals surface area contributed by atoms with Gasteiger partial charge in [0.05, 0.1) is 73.9 Å². The Labute approximate surface area is 858 Å². The van der Waals surface area contributed by atoms with Crippen LogP contribution in [0.1, 0.15) is 246 Å². The average Bonchev–Trinajstić information content (AvgIpc) is 1.41. The lowest BCUT2D eigenvalue weighted by atomic mass is 9.45. The Morgan fingerprint density at radius 1 is 0.754 bits per heavy atom. The highest BCUT2D eigenvalue weighted by molar-refractivity contribution is 7.98. The van der Waals surface area contributed by atoms with E-state index in [1.165, 1.54) is 72.2 Å². The molecular formula is C105H148BrClN10O22S3. The van der Waals surface area contributed by atoms with E-state index in [4.69, 9.17) is 63.1 Å². The van der Waals surface area contributed by atoms with Gasteiger partial charge >= 0.3 is 34.1 Å². The van der Waals surface area contributed by atoms with E-state index < -0.39 is 86.0 Å². The molecule has 3 saturated carbocycles. The van der Waals surface area contributed by atoms with Gasteiger partial charge in [0.1, 0.15) is 40.7 Å². The molecule has 0 amide bonds. The number of aromatic hydroxyl groups is 3. The number of halogens is 2. The van der Waals surface area contributed by atoms with Crippen molar-refractivity contribution >= 4 is 108 Å². The van der Waals surface area contributed by atoms with Crippen LogP contribution in [0.25, 0.3) is 10.8 Å². The Kier molecular flexibility index (Phi) is 47.0. The maximum absolute atomic E-state index is 13.9. The van der Waals surface area contributed by atoms with Gasteiger partial charge in [0.2, 0.25) is 10.9 Å². The van der Waals surface area contributed by atoms with Crippen molar-refractivity contribution in [2.75, 3.05) is 58.9 Å². The quantitative estimate of drug-likeness (QED) is 0.00324. The molecule has 4 aliphatic carbocycles. The number of hydrogen-bond donors (Lipinski definition) is 16. The minimum Gasteiger partial charge on any atom is -1.00 e. The van der Waals surface area contributed by atoms with Gasteiger partial charge in [-0.15, -0.1) is 27.3 Å². The second-order valence-electron chi connectivity index (χ2n) is 38.8. The van der Waals surface area contributed by atoms with E-state index in [1.54, 1.807) is 62.4 Å². The summed E-state index contributed by atoms with van der Waals surface area (Å²) in [6.45, 7) is 22.0. The minimum atomic E-state index is -3.92. The zero-order valence-electron chi connectivity index (χ0n) is 83.3. The third kappa shape index (κ3) is 32.3. The summed E-state index contributed by atoms with van der Waals surface area (Å²) in [4.78, 5) is 80.8. The number of phenols is 3. The molecule has 5 unspecified atom stereocenters. The molecule has 6 aromatic carbocycles. The number of aliphatic imine (C=N–C) groups is 1. The van der Waals surface area contributed by atoms with Crippen molar-refractivity contribution in [3.05, 3.63) is 207 Å². The largest absolute Gasteiger partial charge is 1.00 e. The zero-order chi connectivity index (χ0) is 104. The highest BCUT2D eigenvalue weighted by atomic mass is 79.9. The van der Waals surface area contributed by atoms with Gasteiger partial charge in [0, 0.05) is 127 Å². The van der Waals surface area contributed by atoms with Crippen LogP contribution in [0.5, 0.6) is 17.2 Å². The number of thiazole rings is 1. The van der Waals surface area contributed by atoms with Crippen molar-refractivity contribution in [1.29, 1.82) is 0 Å². The van der Waals surface area contributed by atoms with Crippen molar-refractivity contribution < 1.29 is 129 Å². The molecule has 2 aliphatic heterocycles. The van der Waals surface area contributed by atoms with E-state index in [0.29, 0.717) is 101 Å². The molecule has 3 heterocycles. The minimum absolute atomic E-state index is 0. The first kappa shape index (κ1) is 120. The number of rotatable bonds is 39. The lowest BCUT2D eigenvalue weighted by molar-refractivity contribution is -0.968. The van der Waals surface area contributed by atoms with E-state index in [9.17, 15) is 78.0 Å². The number of esters is 3. The molecule has 1 aromatic heterocycles. The number of Topliss-reactive ketones (excluding diaryl/α,β-unsaturated/α-hetero) is 1. The lowest BCUT2D eigenvalue weighted by Crippen LogP contribution is -3.00. The van der Waals surface area contributed by atoms with Crippen LogP contribution in [0.3, 0.4) is 0 Å². The number of aliphatic hydroxyl groups is 6. The highest BCUT2D eigenvalue weighted by Crippen LogP contribution is 2.72. The van der Waals surface area contributed by atoms with Crippen molar-refractivity contribution in [3.63, 3.8) is 0 Å². The van der Waals surface area contributed by atoms with E-state index in [1.807, 2.05) is 95.5 Å². The number of nitrogens with two attached hydrogens (primary N) is 4. The molecule has 6 aliphatic rings. The number of ketones is 2. The first-order chi connectivity index (χ1) is 66.8. The molecular weight excluding hydrogens is 1960 g/mol. The Morgan fingerprint density at radius 3 is 1.92 bits per heavy atom. The maximum Gasteiger partial charge on any atom is 0.339 e. The number of aryl methyl sites for hydroxylation is 1. The predicted molar refractivity (Wildman–Crippen MR) is 549 cm³/mol. The Morgan fingerprint density at radius 2 is 1.35 bits per heavy atom. The van der Waals surface area contributed by atoms with Crippen molar-refractivity contribution in [2.24, 2.45) is 60.3 Å². The van der Waals surface area contributed by atoms with Crippen LogP contribution >= 0.6 is 34.7 Å². The van der Waals surface area contributed by atoms with Gasteiger partial charge in [0.25, 0.3) is 0 Å². The molecule has 142 heavy (non-hydrogen) atoms. The number of unbranched alkanes of at least 4 members (excludes halogenated alkanes) is 4. The van der Waals surface area contributed by atoms with Gasteiger partial charge in [-0.2, -0.15) is 25.2 Å². The number of ether oxygens (including phenoxy) is 4. The Bertz CT molecular complexity index is 5500. The first-order valence-electron chi connectivity index (χ1n) is 48.4. The number of allylic oxidation sites excluding steroid dienone is 4. The summed E-state index contributed by atoms with van der Waals surface area (Å²) in [6, 6.07) is 41.6. The van der Waals surface area contributed by atoms with Gasteiger partial charge in [-0.05, 0) is 181 Å². The number of aliphatic hydroxyl groups excluding tert-OH is 6. The fourth-order valence-electron chi connectivity index (χ4n) is 20.2. The van der Waals surface area contributed by atoms with Crippen molar-refractivity contribution in [1.82, 2.24) is 15.6 Å². The number of guanidine groups is 1. The van der Waals surface area contributed by atoms with Crippen LogP contribution in [0, 0.1) is 28.6 Å². The van der Waals surface area contributed by atoms with Gasteiger partial charge in [-0.3, -0.25) is 24.0 Å². The normalized spacial score (nSPS) is 23.5. The number of carbonyl (C=O) groups is 6. The van der Waals surface area contributed by atoms with E-state index in [0.717, 1.165) is 97.8 Å². The zero-order valence-corrected chi connectivity index (χ0v) is 88.1. The van der Waals surface area contributed by atoms with E-state index in [-0.39, 0.29) is 132 Å². The summed E-state index contributed by atoms with van der Waals surface area (Å²) in [5.41, 5.74) is 18.8. The molecule has 32 nitrogen and oxygen atoms in total. The standard InChI is InChI=1S/C28H37ClO7.C25H37NO4.C20H30NO3.C13H21NO3.C11H8O3.C8H15N7O2S3.BrH/c1-6-23(33)35-15-22(32)28(36-24(34)7-2)16(3)12-20-19-9-8-17-13-18(30)10-11-25(17,4)27(19,29)21(31)14-26(20,28)5;27-20-23-18-22(13-14-24(23)28)25(29)19-26-15-7-1-2-8-16-30-17-9-6-12-21-10-4-3-5-11-21;1-14(2)21(3)16-9-10-17(21)12-18(11-16)24-20(23)19(13-22)15-7-5-4-6-8-15;1-13(2,3)14-7-12(17)9-4-5-11(16)10(6-9)8-15;12-10-8-4-2-1-3-7(8)5-6-9(10)11(13)14;9-6(15-20(12,16)17)1-2-18-3-5-4-19-8(13-5)14-7(10)11;/h10-11,13,16,19-21,31H,6-9,12,14-15H2,1-5H3;3-5,10-11,13-14,18,25-29H,1-2,6-9,12,15-17,19-20H2;4-8,14,16-19,22H,9-13H2,1-3H3;4-6,12,14-17H,7-8H2,1-3H3;1-6,12H,(H,13,14);4H,1-3H2,(H2,9,15)(H2,12,16,17)(H4,10,11,13,14);1H/q;;+1;;;;/p-1/t16-,19-,20-,21-,25-,26-,27-,28-;;16-,17+,18?,19?,21?;;;;/m0....../s1. The molecule has 37 heteroatoms.